The van der Waals surface area contributed by atoms with Crippen LogP contribution in [0.4, 0.5) is 5.69 Å². The van der Waals surface area contributed by atoms with E-state index in [-0.39, 0.29) is 35.5 Å². The van der Waals surface area contributed by atoms with Crippen molar-refractivity contribution in [3.8, 4) is 11.1 Å². The van der Waals surface area contributed by atoms with Crippen LogP contribution in [-0.4, -0.2) is 40.4 Å². The molecule has 2 aliphatic carbocycles. The largest absolute Gasteiger partial charge is 0.349 e. The second kappa shape index (κ2) is 13.9. The van der Waals surface area contributed by atoms with Crippen LogP contribution in [0.15, 0.2) is 65.5 Å². The number of nitrogens with one attached hydrogen (secondary N) is 4. The Morgan fingerprint density at radius 2 is 1.67 bits per heavy atom. The third-order valence-corrected chi connectivity index (χ3v) is 9.97. The summed E-state index contributed by atoms with van der Waals surface area (Å²) in [5.74, 6) is -0.236. The Labute approximate surface area is 268 Å². The summed E-state index contributed by atoms with van der Waals surface area (Å²) in [6.07, 6.45) is 7.39. The predicted octanol–water partition coefficient (Wildman–Crippen LogP) is 5.64. The Bertz CT molecular complexity index is 1780. The highest BCUT2D eigenvalue weighted by Crippen LogP contribution is 2.32. The average molecular weight is 622 g/mol. The number of nitrogens with two attached hydrogens (primary N) is 1. The van der Waals surface area contributed by atoms with Crippen LogP contribution in [0.2, 0.25) is 0 Å². The van der Waals surface area contributed by atoms with Gasteiger partial charge in [0.15, 0.2) is 0 Å². The number of fused-ring (bicyclic) bond motifs is 1. The molecule has 0 radical (unpaired) electrons. The van der Waals surface area contributed by atoms with Gasteiger partial charge in [0.2, 0.25) is 5.91 Å². The molecular formula is C37H43N5O4. The second-order valence-electron chi connectivity index (χ2n) is 13.2. The van der Waals surface area contributed by atoms with Crippen molar-refractivity contribution in [3.63, 3.8) is 0 Å². The molecule has 1 atom stereocenters. The lowest BCUT2D eigenvalue weighted by Crippen LogP contribution is -2.39. The van der Waals surface area contributed by atoms with Crippen LogP contribution >= 0.6 is 0 Å². The number of aryl methyl sites for hydroxylation is 1. The van der Waals surface area contributed by atoms with Gasteiger partial charge in [0.05, 0.1) is 10.9 Å². The number of hydrogen-bond acceptors (Lipinski definition) is 5. The Hall–Kier alpha value is -4.50. The van der Waals surface area contributed by atoms with E-state index in [4.69, 9.17) is 5.73 Å². The van der Waals surface area contributed by atoms with Gasteiger partial charge in [-0.15, -0.1) is 0 Å². The molecule has 1 heterocycles. The molecule has 240 valence electrons. The number of anilines is 1. The third kappa shape index (κ3) is 7.15. The number of H-pyrrole nitrogens is 2. The van der Waals surface area contributed by atoms with Crippen LogP contribution in [0.25, 0.3) is 22.0 Å². The van der Waals surface area contributed by atoms with Gasteiger partial charge in [-0.2, -0.15) is 0 Å². The lowest BCUT2D eigenvalue weighted by molar-refractivity contribution is -0.129. The first-order valence-electron chi connectivity index (χ1n) is 16.5. The number of amides is 2. The summed E-state index contributed by atoms with van der Waals surface area (Å²) in [6.45, 7) is 2.66. The van der Waals surface area contributed by atoms with Gasteiger partial charge in [-0.05, 0) is 123 Å². The maximum atomic E-state index is 13.7. The summed E-state index contributed by atoms with van der Waals surface area (Å²) < 4.78 is 0. The van der Waals surface area contributed by atoms with E-state index < -0.39 is 5.92 Å². The molecule has 0 unspecified atom stereocenters. The normalized spacial score (nSPS) is 18.9. The van der Waals surface area contributed by atoms with Crippen LogP contribution in [0, 0.1) is 24.7 Å². The highest BCUT2D eigenvalue weighted by molar-refractivity contribution is 5.98. The third-order valence-electron chi connectivity index (χ3n) is 9.97. The van der Waals surface area contributed by atoms with Crippen LogP contribution < -0.4 is 21.9 Å². The minimum atomic E-state index is -0.554. The first kappa shape index (κ1) is 31.5. The van der Waals surface area contributed by atoms with Crippen LogP contribution in [-0.2, 0) is 16.0 Å². The molecule has 2 fully saturated rings. The number of hydrogen-bond donors (Lipinski definition) is 5. The van der Waals surface area contributed by atoms with E-state index in [1.807, 2.05) is 49.4 Å². The number of carbonyl (C=O) groups is 3. The lowest BCUT2D eigenvalue weighted by Gasteiger charge is -2.27. The second-order valence-corrected chi connectivity index (χ2v) is 13.2. The molecule has 0 spiro atoms. The number of benzene rings is 3. The first-order valence-corrected chi connectivity index (χ1v) is 16.5. The van der Waals surface area contributed by atoms with E-state index in [1.165, 1.54) is 6.42 Å². The Morgan fingerprint density at radius 1 is 0.913 bits per heavy atom. The summed E-state index contributed by atoms with van der Waals surface area (Å²) in [7, 11) is 0. The molecule has 2 saturated carbocycles. The van der Waals surface area contributed by atoms with Crippen LogP contribution in [0.3, 0.4) is 0 Å². The molecule has 9 heteroatoms. The zero-order valence-electron chi connectivity index (χ0n) is 26.4. The van der Waals surface area contributed by atoms with Crippen molar-refractivity contribution < 1.29 is 14.4 Å². The van der Waals surface area contributed by atoms with Crippen molar-refractivity contribution in [3.05, 3.63) is 87.7 Å². The van der Waals surface area contributed by atoms with Crippen LogP contribution in [0.5, 0.6) is 0 Å². The maximum absolute atomic E-state index is 13.7. The van der Waals surface area contributed by atoms with Gasteiger partial charge in [-0.1, -0.05) is 30.3 Å². The monoisotopic (exact) mass is 621 g/mol. The average Bonchev–Trinajstić information content (AvgIpc) is 3.42. The minimum Gasteiger partial charge on any atom is -0.349 e. The number of ketones is 1. The fourth-order valence-corrected chi connectivity index (χ4v) is 6.80. The van der Waals surface area contributed by atoms with E-state index in [0.717, 1.165) is 60.8 Å². The molecule has 4 aromatic rings. The smallest absolute Gasteiger partial charge is 0.271 e. The van der Waals surface area contributed by atoms with Crippen molar-refractivity contribution in [2.75, 3.05) is 11.9 Å². The molecule has 2 amide bonds. The van der Waals surface area contributed by atoms with E-state index in [2.05, 4.69) is 20.8 Å². The molecule has 0 aliphatic heterocycles. The van der Waals surface area contributed by atoms with Crippen molar-refractivity contribution in [1.29, 1.82) is 0 Å². The quantitative estimate of drug-likeness (QED) is 0.147. The zero-order valence-corrected chi connectivity index (χ0v) is 26.4. The van der Waals surface area contributed by atoms with E-state index in [9.17, 15) is 19.2 Å². The van der Waals surface area contributed by atoms with E-state index >= 15 is 0 Å². The number of aromatic nitrogens is 2. The van der Waals surface area contributed by atoms with Gasteiger partial charge in [0.25, 0.3) is 11.5 Å². The van der Waals surface area contributed by atoms with Gasteiger partial charge < -0.3 is 16.4 Å². The van der Waals surface area contributed by atoms with Crippen molar-refractivity contribution >= 4 is 34.2 Å². The lowest BCUT2D eigenvalue weighted by atomic mass is 9.77. The molecule has 0 saturated heterocycles. The molecule has 6 N–H and O–H groups in total. The van der Waals surface area contributed by atoms with Crippen molar-refractivity contribution in [1.82, 2.24) is 15.5 Å². The molecule has 46 heavy (non-hydrogen) atoms. The zero-order chi connectivity index (χ0) is 32.2. The first-order chi connectivity index (χ1) is 22.3. The topological polar surface area (TPSA) is 150 Å². The summed E-state index contributed by atoms with van der Waals surface area (Å²) in [4.78, 5) is 51.7. The van der Waals surface area contributed by atoms with Gasteiger partial charge in [0, 0.05) is 35.5 Å². The van der Waals surface area contributed by atoms with Crippen molar-refractivity contribution in [2.24, 2.45) is 23.5 Å². The molecule has 2 aliphatic rings. The molecule has 0 bridgehead atoms. The SMILES string of the molecule is Cc1cc(C(=O)NC2CCC2)ccc1-c1ccc(C[C@H](CC(=O)C2CCC(CN)CC2)C(=O)Nc2ccc3c(=O)[nH][nH]c3c2)cc1. The number of aromatic amines is 2. The minimum absolute atomic E-state index is 0.0257. The summed E-state index contributed by atoms with van der Waals surface area (Å²) >= 11 is 0. The van der Waals surface area contributed by atoms with E-state index in [0.29, 0.717) is 47.1 Å². The van der Waals surface area contributed by atoms with Gasteiger partial charge >= 0.3 is 0 Å². The Kier molecular flexibility index (Phi) is 9.49. The van der Waals surface area contributed by atoms with E-state index in [1.54, 1.807) is 18.2 Å². The molecular weight excluding hydrogens is 578 g/mol. The summed E-state index contributed by atoms with van der Waals surface area (Å²) in [5.41, 5.74) is 11.5. The van der Waals surface area contributed by atoms with Gasteiger partial charge in [-0.3, -0.25) is 29.4 Å². The number of rotatable bonds is 11. The van der Waals surface area contributed by atoms with Gasteiger partial charge in [-0.25, -0.2) is 0 Å². The number of Topliss-reactive ketones (excluding diaryl/α,β-unsaturated/α-hetero) is 1. The molecule has 6 rings (SSSR count). The predicted molar refractivity (Wildman–Crippen MR) is 181 cm³/mol. The Balaban J connectivity index is 1.17. The highest BCUT2D eigenvalue weighted by atomic mass is 16.2. The highest BCUT2D eigenvalue weighted by Gasteiger charge is 2.30. The molecule has 9 nitrogen and oxygen atoms in total. The Morgan fingerprint density at radius 3 is 2.35 bits per heavy atom. The summed E-state index contributed by atoms with van der Waals surface area (Å²) in [5, 5.41) is 12.0. The fourth-order valence-electron chi connectivity index (χ4n) is 6.80. The van der Waals surface area contributed by atoms with Crippen LogP contribution in [0.1, 0.15) is 72.9 Å². The maximum Gasteiger partial charge on any atom is 0.271 e. The summed E-state index contributed by atoms with van der Waals surface area (Å²) in [6, 6.07) is 19.3. The standard InChI is InChI=1S/C37H43N5O4/c1-22-17-27(35(44)39-29-3-2-4-29)13-15-31(22)25-9-5-23(6-10-25)18-28(19-34(43)26-11-7-24(21-38)8-12-26)36(45)40-30-14-16-32-33(20-30)41-42-37(32)46/h5-6,9-10,13-17,20,24,26,28-29H,2-4,7-8,11-12,18-19,21,38H2,1H3,(H,39,44)(H,40,45)(H2,41,42,46)/t24?,26?,28-/m1/s1. The van der Waals surface area contributed by atoms with Gasteiger partial charge in [0.1, 0.15) is 5.78 Å². The molecule has 3 aromatic carbocycles. The number of carbonyl (C=O) groups excluding carboxylic acids is 3. The fraction of sp³-hybridized carbons (Fsp3) is 0.405. The van der Waals surface area contributed by atoms with Crippen molar-refractivity contribution in [2.45, 2.75) is 70.8 Å². The molecule has 1 aromatic heterocycles.